The number of benzene rings is 1. The van der Waals surface area contributed by atoms with Gasteiger partial charge in [0.1, 0.15) is 17.8 Å². The number of aryl methyl sites for hydroxylation is 1. The van der Waals surface area contributed by atoms with Crippen molar-refractivity contribution in [3.05, 3.63) is 66.1 Å². The second kappa shape index (κ2) is 7.93. The number of nitrogen functional groups attached to an aromatic ring is 1. The Kier molecular flexibility index (Phi) is 5.23. The number of carbonyl (C=O) groups is 1. The highest BCUT2D eigenvalue weighted by molar-refractivity contribution is 5.82. The monoisotopic (exact) mass is 349 g/mol. The lowest BCUT2D eigenvalue weighted by molar-refractivity contribution is -0.119. The minimum Gasteiger partial charge on any atom is -0.393 e. The summed E-state index contributed by atoms with van der Waals surface area (Å²) in [7, 11) is 0. The first-order chi connectivity index (χ1) is 12.6. The van der Waals surface area contributed by atoms with E-state index in [9.17, 15) is 4.79 Å². The van der Waals surface area contributed by atoms with Crippen LogP contribution >= 0.6 is 0 Å². The first-order valence-corrected chi connectivity index (χ1v) is 8.01. The third kappa shape index (κ3) is 4.44. The van der Waals surface area contributed by atoms with Gasteiger partial charge in [0.2, 0.25) is 5.91 Å². The van der Waals surface area contributed by atoms with Crippen LogP contribution in [0.5, 0.6) is 0 Å². The highest BCUT2D eigenvalue weighted by Gasteiger charge is 2.10. The van der Waals surface area contributed by atoms with Crippen LogP contribution in [0.3, 0.4) is 0 Å². The first-order valence-electron chi connectivity index (χ1n) is 8.01. The number of carbonyl (C=O) groups excluding carboxylic acids is 1. The number of nitrogens with two attached hydrogens (primary N) is 1. The van der Waals surface area contributed by atoms with Crippen molar-refractivity contribution in [2.24, 2.45) is 0 Å². The molecule has 0 aliphatic rings. The molecule has 0 saturated heterocycles. The predicted molar refractivity (Wildman–Crippen MR) is 101 cm³/mol. The Morgan fingerprint density at radius 1 is 1.08 bits per heavy atom. The number of nitrogens with one attached hydrogen (secondary N) is 3. The van der Waals surface area contributed by atoms with Gasteiger partial charge in [-0.25, -0.2) is 15.0 Å². The van der Waals surface area contributed by atoms with Crippen molar-refractivity contribution in [3.63, 3.8) is 0 Å². The van der Waals surface area contributed by atoms with Crippen LogP contribution in [0.1, 0.15) is 11.1 Å². The summed E-state index contributed by atoms with van der Waals surface area (Å²) < 4.78 is 0. The first kappa shape index (κ1) is 17.2. The number of nitrogens with zero attached hydrogens (tertiary/aromatic N) is 3. The van der Waals surface area contributed by atoms with E-state index in [1.54, 1.807) is 6.20 Å². The van der Waals surface area contributed by atoms with E-state index in [2.05, 4.69) is 31.1 Å². The predicted octanol–water partition coefficient (Wildman–Crippen LogP) is 2.19. The molecule has 0 aliphatic carbocycles. The summed E-state index contributed by atoms with van der Waals surface area (Å²) in [6.45, 7) is 1.96. The zero-order chi connectivity index (χ0) is 18.4. The molecule has 0 fully saturated rings. The van der Waals surface area contributed by atoms with Gasteiger partial charge in [0.15, 0.2) is 11.6 Å². The Hall–Kier alpha value is -3.68. The molecule has 5 N–H and O–H groups in total. The zero-order valence-corrected chi connectivity index (χ0v) is 14.2. The Labute approximate surface area is 150 Å². The number of rotatable bonds is 6. The third-order valence-electron chi connectivity index (χ3n) is 3.57. The molecular formula is C18H19N7O. The van der Waals surface area contributed by atoms with Gasteiger partial charge in [0.05, 0.1) is 6.42 Å². The quantitative estimate of drug-likeness (QED) is 0.504. The highest BCUT2D eigenvalue weighted by atomic mass is 16.2. The van der Waals surface area contributed by atoms with Gasteiger partial charge in [-0.1, -0.05) is 30.3 Å². The molecule has 0 spiro atoms. The van der Waals surface area contributed by atoms with Crippen molar-refractivity contribution in [3.8, 4) is 0 Å². The summed E-state index contributed by atoms with van der Waals surface area (Å²) in [5.41, 5.74) is 13.6. The number of hydrogen-bond donors (Lipinski definition) is 4. The van der Waals surface area contributed by atoms with Crippen molar-refractivity contribution >= 4 is 29.0 Å². The van der Waals surface area contributed by atoms with Gasteiger partial charge in [-0.3, -0.25) is 15.6 Å². The maximum atomic E-state index is 12.0. The number of pyridine rings is 1. The number of amides is 1. The molecule has 1 aromatic carbocycles. The lowest BCUT2D eigenvalue weighted by Crippen LogP contribution is -2.31. The Morgan fingerprint density at radius 3 is 2.62 bits per heavy atom. The van der Waals surface area contributed by atoms with Crippen molar-refractivity contribution in [2.75, 3.05) is 16.5 Å². The van der Waals surface area contributed by atoms with Gasteiger partial charge in [-0.2, -0.15) is 0 Å². The van der Waals surface area contributed by atoms with Crippen molar-refractivity contribution < 1.29 is 4.79 Å². The molecule has 0 aliphatic heterocycles. The molecule has 26 heavy (non-hydrogen) atoms. The number of anilines is 4. The Balaban J connectivity index is 1.64. The summed E-state index contributed by atoms with van der Waals surface area (Å²) >= 11 is 0. The molecule has 2 aromatic heterocycles. The smallest absolute Gasteiger partial charge is 0.242 e. The van der Waals surface area contributed by atoms with Crippen LogP contribution < -0.4 is 21.9 Å². The number of hydrogen-bond acceptors (Lipinski definition) is 7. The van der Waals surface area contributed by atoms with Crippen molar-refractivity contribution in [2.45, 2.75) is 13.3 Å². The van der Waals surface area contributed by atoms with Crippen LogP contribution in [-0.4, -0.2) is 20.9 Å². The van der Waals surface area contributed by atoms with E-state index in [-0.39, 0.29) is 18.0 Å². The molecule has 132 valence electrons. The van der Waals surface area contributed by atoms with E-state index in [0.717, 1.165) is 11.1 Å². The van der Waals surface area contributed by atoms with Crippen LogP contribution in [0, 0.1) is 6.92 Å². The standard InChI is InChI=1S/C18H19N7O/c1-12-7-8-20-14(9-12)23-17-16(19)18(22-11-21-17)25-24-15(26)10-13-5-3-2-4-6-13/h2-9,11H,10,19H2,1H3,(H,24,26)(H2,20,21,22,23,25). The maximum Gasteiger partial charge on any atom is 0.242 e. The molecule has 3 aromatic rings. The maximum absolute atomic E-state index is 12.0. The average Bonchev–Trinajstić information content (AvgIpc) is 2.63. The fourth-order valence-corrected chi connectivity index (χ4v) is 2.27. The van der Waals surface area contributed by atoms with Crippen LogP contribution in [-0.2, 0) is 11.2 Å². The topological polar surface area (TPSA) is 118 Å². The van der Waals surface area contributed by atoms with Gasteiger partial charge >= 0.3 is 0 Å². The van der Waals surface area contributed by atoms with E-state index < -0.39 is 0 Å². The molecule has 1 amide bonds. The molecule has 0 atom stereocenters. The lowest BCUT2D eigenvalue weighted by Gasteiger charge is -2.13. The fraction of sp³-hybridized carbons (Fsp3) is 0.111. The lowest BCUT2D eigenvalue weighted by atomic mass is 10.1. The molecule has 0 radical (unpaired) electrons. The highest BCUT2D eigenvalue weighted by Crippen LogP contribution is 2.24. The molecule has 0 unspecified atom stereocenters. The largest absolute Gasteiger partial charge is 0.393 e. The van der Waals surface area contributed by atoms with Crippen LogP contribution in [0.2, 0.25) is 0 Å². The van der Waals surface area contributed by atoms with Crippen LogP contribution in [0.15, 0.2) is 55.0 Å². The minimum absolute atomic E-state index is 0.205. The third-order valence-corrected chi connectivity index (χ3v) is 3.57. The Bertz CT molecular complexity index is 899. The molecular weight excluding hydrogens is 330 g/mol. The molecule has 8 heteroatoms. The van der Waals surface area contributed by atoms with Gasteiger partial charge in [0.25, 0.3) is 0 Å². The van der Waals surface area contributed by atoms with E-state index in [4.69, 9.17) is 5.73 Å². The van der Waals surface area contributed by atoms with Gasteiger partial charge in [0, 0.05) is 6.20 Å². The SMILES string of the molecule is Cc1ccnc(Nc2ncnc(NNC(=O)Cc3ccccc3)c2N)c1. The molecule has 8 nitrogen and oxygen atoms in total. The van der Waals surface area contributed by atoms with Crippen molar-refractivity contribution in [1.29, 1.82) is 0 Å². The Morgan fingerprint density at radius 2 is 1.85 bits per heavy atom. The van der Waals surface area contributed by atoms with E-state index >= 15 is 0 Å². The second-order valence-corrected chi connectivity index (χ2v) is 5.66. The molecule has 0 bridgehead atoms. The minimum atomic E-state index is -0.205. The molecule has 3 rings (SSSR count). The van der Waals surface area contributed by atoms with Crippen LogP contribution in [0.25, 0.3) is 0 Å². The van der Waals surface area contributed by atoms with Gasteiger partial charge < -0.3 is 11.1 Å². The fourth-order valence-electron chi connectivity index (χ4n) is 2.27. The van der Waals surface area contributed by atoms with E-state index in [1.165, 1.54) is 6.33 Å². The molecule has 2 heterocycles. The normalized spacial score (nSPS) is 10.2. The van der Waals surface area contributed by atoms with E-state index in [0.29, 0.717) is 17.5 Å². The van der Waals surface area contributed by atoms with Crippen molar-refractivity contribution in [1.82, 2.24) is 20.4 Å². The number of hydrazine groups is 1. The second-order valence-electron chi connectivity index (χ2n) is 5.66. The summed E-state index contributed by atoms with van der Waals surface area (Å²) in [5.74, 6) is 1.12. The zero-order valence-electron chi connectivity index (χ0n) is 14.2. The summed E-state index contributed by atoms with van der Waals surface area (Å²) in [6, 6.07) is 13.2. The summed E-state index contributed by atoms with van der Waals surface area (Å²) in [4.78, 5) is 24.4. The van der Waals surface area contributed by atoms with Crippen LogP contribution in [0.4, 0.5) is 23.1 Å². The molecule has 0 saturated carbocycles. The van der Waals surface area contributed by atoms with Gasteiger partial charge in [-0.05, 0) is 30.2 Å². The summed E-state index contributed by atoms with van der Waals surface area (Å²) in [6.07, 6.45) is 3.29. The van der Waals surface area contributed by atoms with Gasteiger partial charge in [-0.15, -0.1) is 0 Å². The average molecular weight is 349 g/mol. The van der Waals surface area contributed by atoms with E-state index in [1.807, 2.05) is 49.4 Å². The summed E-state index contributed by atoms with van der Waals surface area (Å²) in [5, 5.41) is 3.04. The number of aromatic nitrogens is 3.